The SMILES string of the molecule is CO[C@@H](C)c1nnc2cnc(-c3cnc(OC4(C(F)(F)F)CCC4)c(F)c3)cn12. The predicted molar refractivity (Wildman–Crippen MR) is 92.7 cm³/mol. The summed E-state index contributed by atoms with van der Waals surface area (Å²) in [4.78, 5) is 7.97. The van der Waals surface area contributed by atoms with Crippen molar-refractivity contribution in [2.75, 3.05) is 7.11 Å². The Morgan fingerprint density at radius 1 is 1.17 bits per heavy atom. The molecule has 11 heteroatoms. The van der Waals surface area contributed by atoms with Crippen molar-refractivity contribution in [1.82, 2.24) is 24.6 Å². The molecule has 0 amide bonds. The minimum absolute atomic E-state index is 0.217. The second-order valence-corrected chi connectivity index (χ2v) is 6.90. The van der Waals surface area contributed by atoms with Crippen molar-refractivity contribution in [3.05, 3.63) is 36.3 Å². The molecule has 1 aliphatic rings. The molecule has 0 spiro atoms. The Kier molecular flexibility index (Phi) is 4.64. The summed E-state index contributed by atoms with van der Waals surface area (Å²) in [5.41, 5.74) is -1.28. The van der Waals surface area contributed by atoms with Crippen molar-refractivity contribution in [1.29, 1.82) is 0 Å². The van der Waals surface area contributed by atoms with Gasteiger partial charge in [0.05, 0.1) is 11.9 Å². The van der Waals surface area contributed by atoms with Gasteiger partial charge >= 0.3 is 6.18 Å². The molecule has 0 unspecified atom stereocenters. The van der Waals surface area contributed by atoms with Crippen LogP contribution in [0.5, 0.6) is 5.88 Å². The highest BCUT2D eigenvalue weighted by Gasteiger charge is 2.61. The molecule has 0 bridgehead atoms. The van der Waals surface area contributed by atoms with Gasteiger partial charge < -0.3 is 9.47 Å². The van der Waals surface area contributed by atoms with Gasteiger partial charge in [0.25, 0.3) is 5.88 Å². The van der Waals surface area contributed by atoms with Crippen LogP contribution in [0, 0.1) is 5.82 Å². The van der Waals surface area contributed by atoms with Crippen LogP contribution in [0.3, 0.4) is 0 Å². The van der Waals surface area contributed by atoms with Gasteiger partial charge in [0.2, 0.25) is 5.60 Å². The quantitative estimate of drug-likeness (QED) is 0.593. The van der Waals surface area contributed by atoms with Crippen LogP contribution < -0.4 is 4.74 Å². The summed E-state index contributed by atoms with van der Waals surface area (Å²) < 4.78 is 66.1. The van der Waals surface area contributed by atoms with Gasteiger partial charge in [-0.3, -0.25) is 9.38 Å². The number of aromatic nitrogens is 5. The smallest absolute Gasteiger partial charge is 0.428 e. The molecule has 1 saturated carbocycles. The van der Waals surface area contributed by atoms with Gasteiger partial charge in [-0.05, 0) is 32.3 Å². The molecule has 4 rings (SSSR count). The van der Waals surface area contributed by atoms with Crippen molar-refractivity contribution in [3.8, 4) is 17.1 Å². The number of fused-ring (bicyclic) bond motifs is 1. The molecule has 0 saturated heterocycles. The van der Waals surface area contributed by atoms with E-state index < -0.39 is 23.5 Å². The van der Waals surface area contributed by atoms with Crippen molar-refractivity contribution in [3.63, 3.8) is 0 Å². The van der Waals surface area contributed by atoms with E-state index in [1.54, 1.807) is 17.5 Å². The van der Waals surface area contributed by atoms with E-state index in [-0.39, 0.29) is 24.5 Å². The Hall–Kier alpha value is -2.82. The van der Waals surface area contributed by atoms with E-state index in [4.69, 9.17) is 9.47 Å². The van der Waals surface area contributed by atoms with Crippen LogP contribution >= 0.6 is 0 Å². The van der Waals surface area contributed by atoms with Crippen LogP contribution in [0.2, 0.25) is 0 Å². The number of rotatable bonds is 5. The van der Waals surface area contributed by atoms with E-state index in [0.29, 0.717) is 23.6 Å². The van der Waals surface area contributed by atoms with E-state index in [0.717, 1.165) is 6.07 Å². The first kappa shape index (κ1) is 19.5. The first-order valence-corrected chi connectivity index (χ1v) is 8.89. The lowest BCUT2D eigenvalue weighted by Gasteiger charge is -2.42. The molecule has 3 heterocycles. The number of alkyl halides is 3. The van der Waals surface area contributed by atoms with Crippen LogP contribution in [0.4, 0.5) is 17.6 Å². The summed E-state index contributed by atoms with van der Waals surface area (Å²) in [6.45, 7) is 1.79. The third-order valence-electron chi connectivity index (χ3n) is 5.11. The first-order chi connectivity index (χ1) is 13.7. The minimum atomic E-state index is -4.59. The average molecular weight is 411 g/mol. The molecule has 1 fully saturated rings. The summed E-state index contributed by atoms with van der Waals surface area (Å²) in [6, 6.07) is 1.04. The molecule has 1 atom stereocenters. The fourth-order valence-electron chi connectivity index (χ4n) is 3.12. The summed E-state index contributed by atoms with van der Waals surface area (Å²) in [5, 5.41) is 8.03. The second kappa shape index (κ2) is 6.90. The molecular formula is C18H17F4N5O2. The number of halogens is 4. The van der Waals surface area contributed by atoms with Gasteiger partial charge in [-0.1, -0.05) is 0 Å². The lowest BCUT2D eigenvalue weighted by molar-refractivity contribution is -0.275. The molecule has 3 aromatic heterocycles. The number of methoxy groups -OCH3 is 1. The number of ether oxygens (including phenoxy) is 2. The minimum Gasteiger partial charge on any atom is -0.459 e. The van der Waals surface area contributed by atoms with Crippen LogP contribution in [0.15, 0.2) is 24.7 Å². The highest BCUT2D eigenvalue weighted by Crippen LogP contribution is 2.48. The van der Waals surface area contributed by atoms with Gasteiger partial charge in [-0.2, -0.15) is 13.2 Å². The van der Waals surface area contributed by atoms with Crippen LogP contribution in [0.1, 0.15) is 38.1 Å². The zero-order chi connectivity index (χ0) is 20.8. The van der Waals surface area contributed by atoms with Gasteiger partial charge in [0.1, 0.15) is 6.10 Å². The molecule has 0 aliphatic heterocycles. The third kappa shape index (κ3) is 3.28. The van der Waals surface area contributed by atoms with Gasteiger partial charge in [-0.25, -0.2) is 9.37 Å². The number of nitrogens with zero attached hydrogens (tertiary/aromatic N) is 5. The van der Waals surface area contributed by atoms with E-state index >= 15 is 0 Å². The second-order valence-electron chi connectivity index (χ2n) is 6.90. The molecule has 0 aromatic carbocycles. The van der Waals surface area contributed by atoms with Crippen molar-refractivity contribution in [2.45, 2.75) is 44.1 Å². The van der Waals surface area contributed by atoms with Gasteiger partial charge in [0.15, 0.2) is 17.3 Å². The maximum Gasteiger partial charge on any atom is 0.428 e. The molecule has 29 heavy (non-hydrogen) atoms. The van der Waals surface area contributed by atoms with Crippen LogP contribution in [0.25, 0.3) is 16.9 Å². The molecule has 7 nitrogen and oxygen atoms in total. The van der Waals surface area contributed by atoms with E-state index in [2.05, 4.69) is 20.2 Å². The number of hydrogen-bond donors (Lipinski definition) is 0. The number of hydrogen-bond acceptors (Lipinski definition) is 6. The fourth-order valence-corrected chi connectivity index (χ4v) is 3.12. The highest BCUT2D eigenvalue weighted by molar-refractivity contribution is 5.59. The average Bonchev–Trinajstić information content (AvgIpc) is 3.07. The summed E-state index contributed by atoms with van der Waals surface area (Å²) in [6.07, 6.45) is -0.745. The van der Waals surface area contributed by atoms with E-state index in [9.17, 15) is 17.6 Å². The van der Waals surface area contributed by atoms with Gasteiger partial charge in [-0.15, -0.1) is 10.2 Å². The van der Waals surface area contributed by atoms with Crippen molar-refractivity contribution < 1.29 is 27.0 Å². The molecule has 0 N–H and O–H groups in total. The first-order valence-electron chi connectivity index (χ1n) is 8.89. The van der Waals surface area contributed by atoms with E-state index in [1.165, 1.54) is 19.5 Å². The fraction of sp³-hybridized carbons (Fsp3) is 0.444. The Bertz CT molecular complexity index is 1050. The van der Waals surface area contributed by atoms with Crippen molar-refractivity contribution >= 4 is 5.65 Å². The number of pyridine rings is 1. The molecule has 1 aliphatic carbocycles. The Morgan fingerprint density at radius 3 is 2.52 bits per heavy atom. The molecular weight excluding hydrogens is 394 g/mol. The maximum absolute atomic E-state index is 14.5. The summed E-state index contributed by atoms with van der Waals surface area (Å²) >= 11 is 0. The molecule has 154 valence electrons. The maximum atomic E-state index is 14.5. The van der Waals surface area contributed by atoms with Crippen LogP contribution in [-0.2, 0) is 4.74 Å². The Balaban J connectivity index is 1.66. The van der Waals surface area contributed by atoms with Crippen molar-refractivity contribution in [2.24, 2.45) is 0 Å². The van der Waals surface area contributed by atoms with Crippen LogP contribution in [-0.4, -0.2) is 43.5 Å². The monoisotopic (exact) mass is 411 g/mol. The van der Waals surface area contributed by atoms with Gasteiger partial charge in [0, 0.05) is 25.1 Å². The molecule has 3 aromatic rings. The standard InChI is InChI=1S/C18H17F4N5O2/c1-10(28-2)15-26-25-14-8-23-13(9-27(14)15)11-6-12(19)16(24-7-11)29-17(4-3-5-17)18(20,21)22/h6-10H,3-5H2,1-2H3/t10-/m0/s1. The summed E-state index contributed by atoms with van der Waals surface area (Å²) in [5.74, 6) is -1.14. The largest absolute Gasteiger partial charge is 0.459 e. The Labute approximate surface area is 162 Å². The molecule has 0 radical (unpaired) electrons. The zero-order valence-electron chi connectivity index (χ0n) is 15.6. The summed E-state index contributed by atoms with van der Waals surface area (Å²) in [7, 11) is 1.53. The predicted octanol–water partition coefficient (Wildman–Crippen LogP) is 3.90. The topological polar surface area (TPSA) is 74.4 Å². The zero-order valence-corrected chi connectivity index (χ0v) is 15.6. The third-order valence-corrected chi connectivity index (χ3v) is 5.11. The highest BCUT2D eigenvalue weighted by atomic mass is 19.4. The lowest BCUT2D eigenvalue weighted by Crippen LogP contribution is -2.55. The lowest BCUT2D eigenvalue weighted by atomic mass is 9.79. The van der Waals surface area contributed by atoms with E-state index in [1.807, 2.05) is 0 Å². The Morgan fingerprint density at radius 2 is 1.93 bits per heavy atom. The normalized spacial score (nSPS) is 17.2.